The maximum absolute atomic E-state index is 12.3. The van der Waals surface area contributed by atoms with Gasteiger partial charge in [-0.1, -0.05) is 11.6 Å². The summed E-state index contributed by atoms with van der Waals surface area (Å²) in [7, 11) is 0. The lowest BCUT2D eigenvalue weighted by atomic mass is 10.1. The highest BCUT2D eigenvalue weighted by atomic mass is 35.5. The van der Waals surface area contributed by atoms with E-state index in [1.54, 1.807) is 0 Å². The van der Waals surface area contributed by atoms with Crippen molar-refractivity contribution in [1.82, 2.24) is 20.4 Å². The zero-order valence-corrected chi connectivity index (χ0v) is 16.1. The van der Waals surface area contributed by atoms with Gasteiger partial charge in [0.1, 0.15) is 0 Å². The quantitative estimate of drug-likeness (QED) is 0.835. The van der Waals surface area contributed by atoms with Crippen LogP contribution in [0, 0.1) is 13.8 Å². The average molecular weight is 383 g/mol. The molecule has 1 saturated heterocycles. The molecule has 0 saturated carbocycles. The van der Waals surface area contributed by atoms with Gasteiger partial charge in [-0.25, -0.2) is 4.68 Å². The standard InChI is InChI=1S/C18H23ClN4O.ClH/c1-12-17(10-18(24)21-11-15-4-3-9-20-15)13(2)23(22-12)16-7-5-14(19)6-8-16;/h5-8,15,20H,3-4,9-11H2,1-2H3,(H,21,24);1H. The van der Waals surface area contributed by atoms with Crippen molar-refractivity contribution in [2.75, 3.05) is 13.1 Å². The van der Waals surface area contributed by atoms with E-state index in [2.05, 4.69) is 15.7 Å². The third-order valence-electron chi connectivity index (χ3n) is 4.56. The van der Waals surface area contributed by atoms with E-state index in [0.717, 1.165) is 35.6 Å². The molecule has 0 bridgehead atoms. The van der Waals surface area contributed by atoms with E-state index in [1.807, 2.05) is 42.8 Å². The lowest BCUT2D eigenvalue weighted by Crippen LogP contribution is -2.37. The third kappa shape index (κ3) is 4.75. The van der Waals surface area contributed by atoms with Gasteiger partial charge < -0.3 is 10.6 Å². The van der Waals surface area contributed by atoms with Crippen molar-refractivity contribution < 1.29 is 4.79 Å². The number of halogens is 2. The number of hydrogen-bond acceptors (Lipinski definition) is 3. The Morgan fingerprint density at radius 3 is 2.72 bits per heavy atom. The van der Waals surface area contributed by atoms with Crippen LogP contribution in [-0.4, -0.2) is 34.8 Å². The van der Waals surface area contributed by atoms with E-state index in [-0.39, 0.29) is 18.3 Å². The molecule has 1 aromatic carbocycles. The van der Waals surface area contributed by atoms with Gasteiger partial charge in [0.25, 0.3) is 0 Å². The van der Waals surface area contributed by atoms with Gasteiger partial charge >= 0.3 is 0 Å². The molecule has 1 fully saturated rings. The summed E-state index contributed by atoms with van der Waals surface area (Å²) in [5.41, 5.74) is 3.81. The summed E-state index contributed by atoms with van der Waals surface area (Å²) in [6, 6.07) is 7.95. The van der Waals surface area contributed by atoms with Gasteiger partial charge in [-0.3, -0.25) is 4.79 Å². The van der Waals surface area contributed by atoms with Crippen molar-refractivity contribution in [2.24, 2.45) is 0 Å². The number of amides is 1. The largest absolute Gasteiger partial charge is 0.354 e. The molecule has 2 heterocycles. The third-order valence-corrected chi connectivity index (χ3v) is 4.81. The molecule has 1 unspecified atom stereocenters. The van der Waals surface area contributed by atoms with E-state index in [9.17, 15) is 4.79 Å². The molecule has 7 heteroatoms. The fraction of sp³-hybridized carbons (Fsp3) is 0.444. The van der Waals surface area contributed by atoms with E-state index >= 15 is 0 Å². The van der Waals surface area contributed by atoms with Crippen molar-refractivity contribution in [3.8, 4) is 5.69 Å². The van der Waals surface area contributed by atoms with Crippen LogP contribution < -0.4 is 10.6 Å². The number of benzene rings is 1. The number of hydrogen-bond donors (Lipinski definition) is 2. The van der Waals surface area contributed by atoms with Gasteiger partial charge in [0.15, 0.2) is 0 Å². The summed E-state index contributed by atoms with van der Waals surface area (Å²) in [6.45, 7) is 5.69. The van der Waals surface area contributed by atoms with Crippen molar-refractivity contribution in [1.29, 1.82) is 0 Å². The Bertz CT molecular complexity index is 721. The van der Waals surface area contributed by atoms with Crippen LogP contribution in [0.25, 0.3) is 5.69 Å². The number of rotatable bonds is 5. The molecule has 2 N–H and O–H groups in total. The van der Waals surface area contributed by atoms with E-state index in [4.69, 9.17) is 11.6 Å². The Morgan fingerprint density at radius 2 is 2.08 bits per heavy atom. The van der Waals surface area contributed by atoms with Crippen molar-refractivity contribution in [2.45, 2.75) is 39.2 Å². The second kappa shape index (κ2) is 8.70. The maximum atomic E-state index is 12.3. The van der Waals surface area contributed by atoms with Gasteiger partial charge in [-0.2, -0.15) is 5.10 Å². The molecule has 1 atom stereocenters. The highest BCUT2D eigenvalue weighted by Crippen LogP contribution is 2.20. The zero-order chi connectivity index (χ0) is 17.1. The molecule has 0 aliphatic carbocycles. The van der Waals surface area contributed by atoms with Crippen molar-refractivity contribution >= 4 is 29.9 Å². The molecule has 2 aromatic rings. The molecule has 0 spiro atoms. The van der Waals surface area contributed by atoms with Crippen LogP contribution >= 0.6 is 24.0 Å². The summed E-state index contributed by atoms with van der Waals surface area (Å²) in [5.74, 6) is 0.0468. The topological polar surface area (TPSA) is 59.0 Å². The number of carbonyl (C=O) groups is 1. The van der Waals surface area contributed by atoms with E-state index < -0.39 is 0 Å². The minimum absolute atomic E-state index is 0. The summed E-state index contributed by atoms with van der Waals surface area (Å²) in [6.07, 6.45) is 2.68. The van der Waals surface area contributed by atoms with Crippen LogP contribution in [-0.2, 0) is 11.2 Å². The lowest BCUT2D eigenvalue weighted by Gasteiger charge is -2.11. The number of aromatic nitrogens is 2. The van der Waals surface area contributed by atoms with Crippen LogP contribution in [0.3, 0.4) is 0 Å². The monoisotopic (exact) mass is 382 g/mol. The fourth-order valence-electron chi connectivity index (χ4n) is 3.16. The van der Waals surface area contributed by atoms with Gasteiger partial charge in [0.05, 0.1) is 17.8 Å². The zero-order valence-electron chi connectivity index (χ0n) is 14.5. The first-order chi connectivity index (χ1) is 11.5. The molecular formula is C18H24Cl2N4O. The van der Waals surface area contributed by atoms with Gasteiger partial charge in [-0.05, 0) is 57.5 Å². The predicted octanol–water partition coefficient (Wildman–Crippen LogP) is 2.98. The smallest absolute Gasteiger partial charge is 0.224 e. The van der Waals surface area contributed by atoms with Gasteiger partial charge in [0, 0.05) is 28.9 Å². The Labute approximate surface area is 159 Å². The number of carbonyl (C=O) groups excluding carboxylic acids is 1. The molecule has 1 aliphatic heterocycles. The molecular weight excluding hydrogens is 359 g/mol. The summed E-state index contributed by atoms with van der Waals surface area (Å²) in [4.78, 5) is 12.3. The maximum Gasteiger partial charge on any atom is 0.224 e. The predicted molar refractivity (Wildman–Crippen MR) is 103 cm³/mol. The molecule has 1 amide bonds. The highest BCUT2D eigenvalue weighted by molar-refractivity contribution is 6.30. The molecule has 25 heavy (non-hydrogen) atoms. The fourth-order valence-corrected chi connectivity index (χ4v) is 3.28. The lowest BCUT2D eigenvalue weighted by molar-refractivity contribution is -0.120. The molecule has 1 aliphatic rings. The number of nitrogens with one attached hydrogen (secondary N) is 2. The van der Waals surface area contributed by atoms with Crippen molar-refractivity contribution in [3.05, 3.63) is 46.2 Å². The Balaban J connectivity index is 0.00000225. The normalized spacial score (nSPS) is 16.5. The second-order valence-electron chi connectivity index (χ2n) is 6.31. The van der Waals surface area contributed by atoms with E-state index in [1.165, 1.54) is 6.42 Å². The summed E-state index contributed by atoms with van der Waals surface area (Å²) < 4.78 is 1.87. The molecule has 3 rings (SSSR count). The van der Waals surface area contributed by atoms with Crippen LogP contribution in [0.1, 0.15) is 29.8 Å². The first-order valence-corrected chi connectivity index (χ1v) is 8.73. The molecule has 136 valence electrons. The first kappa shape index (κ1) is 19.8. The summed E-state index contributed by atoms with van der Waals surface area (Å²) >= 11 is 5.95. The van der Waals surface area contributed by atoms with E-state index in [0.29, 0.717) is 24.0 Å². The minimum Gasteiger partial charge on any atom is -0.354 e. The Hall–Kier alpha value is -1.56. The molecule has 0 radical (unpaired) electrons. The van der Waals surface area contributed by atoms with Crippen LogP contribution in [0.5, 0.6) is 0 Å². The van der Waals surface area contributed by atoms with Gasteiger partial charge in [-0.15, -0.1) is 12.4 Å². The molecule has 1 aromatic heterocycles. The summed E-state index contributed by atoms with van der Waals surface area (Å²) in [5, 5.41) is 11.7. The first-order valence-electron chi connectivity index (χ1n) is 8.35. The SMILES string of the molecule is Cc1nn(-c2ccc(Cl)cc2)c(C)c1CC(=O)NCC1CCCN1.Cl. The van der Waals surface area contributed by atoms with Crippen LogP contribution in [0.2, 0.25) is 5.02 Å². The van der Waals surface area contributed by atoms with Crippen molar-refractivity contribution in [3.63, 3.8) is 0 Å². The number of aryl methyl sites for hydroxylation is 1. The molecule has 5 nitrogen and oxygen atoms in total. The second-order valence-corrected chi connectivity index (χ2v) is 6.75. The Kier molecular flexibility index (Phi) is 6.87. The average Bonchev–Trinajstić information content (AvgIpc) is 3.17. The Morgan fingerprint density at radius 1 is 1.36 bits per heavy atom. The van der Waals surface area contributed by atoms with Crippen LogP contribution in [0.15, 0.2) is 24.3 Å². The minimum atomic E-state index is 0. The van der Waals surface area contributed by atoms with Crippen LogP contribution in [0.4, 0.5) is 0 Å². The van der Waals surface area contributed by atoms with Gasteiger partial charge in [0.2, 0.25) is 5.91 Å². The number of nitrogens with zero attached hydrogens (tertiary/aromatic N) is 2. The highest BCUT2D eigenvalue weighted by Gasteiger charge is 2.18.